The van der Waals surface area contributed by atoms with Gasteiger partial charge in [-0.1, -0.05) is 12.1 Å². The Balaban J connectivity index is 0.759. The van der Waals surface area contributed by atoms with Gasteiger partial charge in [-0.15, -0.1) is 0 Å². The van der Waals surface area contributed by atoms with E-state index in [0.717, 1.165) is 98.9 Å². The normalized spacial score (nSPS) is 22.7. The standard InChI is InChI=1S/C42H42F6N10O3/c43-41(44,45)29-17-49-39(55-37(29)51-21-3-1-4-21)53-23-7-9-25-27(15-23)33-13-11-31(25)57(33)35(59)19-61-20-36(60)58-32-12-14-34(58)28-16-24(8-10-26(28)32)54-40-50-18-30(42(46,47)48)38(56-40)52-22-5-2-6-22/h7-10,15-18,21-22,31-34H,1-6,11-14,19-20H2,(H2,49,51,53,55)(H2,50,52,54,56). The second-order valence-corrected chi connectivity index (χ2v) is 16.7. The van der Waals surface area contributed by atoms with Gasteiger partial charge in [-0.05, 0) is 111 Å². The number of nitrogens with one attached hydrogen (secondary N) is 4. The molecule has 4 N–H and O–H groups in total. The predicted octanol–water partition coefficient (Wildman–Crippen LogP) is 8.87. The van der Waals surface area contributed by atoms with Crippen molar-refractivity contribution in [3.05, 3.63) is 82.2 Å². The summed E-state index contributed by atoms with van der Waals surface area (Å²) in [5.41, 5.74) is 3.16. The van der Waals surface area contributed by atoms with Gasteiger partial charge in [-0.25, -0.2) is 9.97 Å². The van der Waals surface area contributed by atoms with E-state index in [0.29, 0.717) is 11.4 Å². The summed E-state index contributed by atoms with van der Waals surface area (Å²) in [6.45, 7) is -0.578. The van der Waals surface area contributed by atoms with E-state index in [4.69, 9.17) is 4.74 Å². The predicted molar refractivity (Wildman–Crippen MR) is 210 cm³/mol. The third kappa shape index (κ3) is 7.33. The summed E-state index contributed by atoms with van der Waals surface area (Å²) in [6, 6.07) is 10.3. The van der Waals surface area contributed by atoms with Crippen LogP contribution in [0.15, 0.2) is 48.8 Å². The van der Waals surface area contributed by atoms with Gasteiger partial charge in [0.2, 0.25) is 23.7 Å². The number of carbonyl (C=O) groups is 2. The average molecular weight is 849 g/mol. The number of ether oxygens (including phenoxy) is 1. The van der Waals surface area contributed by atoms with E-state index in [1.54, 1.807) is 21.9 Å². The van der Waals surface area contributed by atoms with Gasteiger partial charge in [-0.3, -0.25) is 9.59 Å². The Bertz CT molecular complexity index is 2230. The maximum absolute atomic E-state index is 13.7. The molecule has 2 amide bonds. The molecule has 4 unspecified atom stereocenters. The quantitative estimate of drug-likeness (QED) is 0.101. The summed E-state index contributed by atoms with van der Waals surface area (Å²) in [4.78, 5) is 47.2. The van der Waals surface area contributed by atoms with E-state index in [2.05, 4.69) is 41.2 Å². The number of hydrogen-bond acceptors (Lipinski definition) is 11. The van der Waals surface area contributed by atoms with Crippen LogP contribution in [0.5, 0.6) is 0 Å². The van der Waals surface area contributed by atoms with Crippen molar-refractivity contribution in [1.29, 1.82) is 0 Å². The molecule has 4 fully saturated rings. The van der Waals surface area contributed by atoms with Crippen molar-refractivity contribution in [3.8, 4) is 0 Å². The summed E-state index contributed by atoms with van der Waals surface area (Å²) >= 11 is 0. The van der Waals surface area contributed by atoms with Crippen LogP contribution in [-0.4, -0.2) is 66.8 Å². The molecule has 320 valence electrons. The molecular formula is C42H42F6N10O3. The molecule has 0 spiro atoms. The molecule has 4 aromatic rings. The van der Waals surface area contributed by atoms with Crippen LogP contribution in [0.25, 0.3) is 0 Å². The molecule has 4 aliphatic heterocycles. The Morgan fingerprint density at radius 3 is 1.34 bits per heavy atom. The summed E-state index contributed by atoms with van der Waals surface area (Å²) < 4.78 is 88.0. The fourth-order valence-corrected chi connectivity index (χ4v) is 9.67. The molecule has 2 aromatic carbocycles. The highest BCUT2D eigenvalue weighted by atomic mass is 19.4. The van der Waals surface area contributed by atoms with Crippen molar-refractivity contribution in [3.63, 3.8) is 0 Å². The molecule has 2 saturated carbocycles. The summed E-state index contributed by atoms with van der Waals surface area (Å²) in [5.74, 6) is -0.959. The van der Waals surface area contributed by atoms with Crippen LogP contribution in [0.2, 0.25) is 0 Å². The Labute approximate surface area is 346 Å². The van der Waals surface area contributed by atoms with Crippen LogP contribution < -0.4 is 21.3 Å². The molecule has 4 atom stereocenters. The molecule has 13 nitrogen and oxygen atoms in total. The summed E-state index contributed by atoms with van der Waals surface area (Å²) in [6.07, 6.45) is 0.352. The van der Waals surface area contributed by atoms with Crippen LogP contribution in [0, 0.1) is 0 Å². The summed E-state index contributed by atoms with van der Waals surface area (Å²) in [7, 11) is 0. The summed E-state index contributed by atoms with van der Waals surface area (Å²) in [5, 5.41) is 11.9. The van der Waals surface area contributed by atoms with Crippen molar-refractivity contribution in [2.24, 2.45) is 0 Å². The number of halogens is 6. The van der Waals surface area contributed by atoms with Crippen molar-refractivity contribution in [2.75, 3.05) is 34.5 Å². The lowest BCUT2D eigenvalue weighted by molar-refractivity contribution is -0.144. The van der Waals surface area contributed by atoms with E-state index in [1.807, 2.05) is 24.3 Å². The van der Waals surface area contributed by atoms with Crippen molar-refractivity contribution >= 4 is 46.7 Å². The maximum atomic E-state index is 13.7. The average Bonchev–Trinajstić information content (AvgIpc) is 3.96. The lowest BCUT2D eigenvalue weighted by atomic mass is 9.91. The molecule has 19 heteroatoms. The number of aromatic nitrogens is 4. The second kappa shape index (κ2) is 15.0. The molecule has 6 aliphatic rings. The molecule has 2 aliphatic carbocycles. The van der Waals surface area contributed by atoms with Crippen LogP contribution in [0.3, 0.4) is 0 Å². The van der Waals surface area contributed by atoms with Gasteiger partial charge in [0.1, 0.15) is 36.0 Å². The first-order valence-corrected chi connectivity index (χ1v) is 20.7. The smallest absolute Gasteiger partial charge is 0.367 e. The molecular weight excluding hydrogens is 807 g/mol. The molecule has 0 radical (unpaired) electrons. The van der Waals surface area contributed by atoms with Crippen LogP contribution in [-0.2, 0) is 26.7 Å². The number of alkyl halides is 6. The Hall–Kier alpha value is -5.72. The van der Waals surface area contributed by atoms with E-state index >= 15 is 0 Å². The first-order valence-electron chi connectivity index (χ1n) is 20.7. The van der Waals surface area contributed by atoms with E-state index < -0.39 is 23.5 Å². The van der Waals surface area contributed by atoms with Crippen LogP contribution in [0.4, 0.5) is 61.2 Å². The highest BCUT2D eigenvalue weighted by molar-refractivity contribution is 5.83. The van der Waals surface area contributed by atoms with Crippen molar-refractivity contribution < 1.29 is 40.7 Å². The highest BCUT2D eigenvalue weighted by Crippen LogP contribution is 2.55. The Kier molecular flexibility index (Phi) is 9.71. The number of carbonyl (C=O) groups excluding carboxylic acids is 2. The fraction of sp³-hybridized carbons (Fsp3) is 0.476. The zero-order valence-corrected chi connectivity index (χ0v) is 32.7. The van der Waals surface area contributed by atoms with Gasteiger partial charge in [-0.2, -0.15) is 36.3 Å². The Morgan fingerprint density at radius 2 is 0.984 bits per heavy atom. The monoisotopic (exact) mass is 848 g/mol. The highest BCUT2D eigenvalue weighted by Gasteiger charge is 2.48. The topological polar surface area (TPSA) is 150 Å². The van der Waals surface area contributed by atoms with Crippen LogP contribution in [0.1, 0.15) is 122 Å². The lowest BCUT2D eigenvalue weighted by Crippen LogP contribution is -2.35. The van der Waals surface area contributed by atoms with Gasteiger partial charge >= 0.3 is 12.4 Å². The molecule has 4 bridgehead atoms. The second-order valence-electron chi connectivity index (χ2n) is 16.7. The third-order valence-corrected chi connectivity index (χ3v) is 13.0. The number of nitrogens with zero attached hydrogens (tertiary/aromatic N) is 6. The van der Waals surface area contributed by atoms with Crippen LogP contribution >= 0.6 is 0 Å². The van der Waals surface area contributed by atoms with Gasteiger partial charge in [0.05, 0.1) is 24.2 Å². The largest absolute Gasteiger partial charge is 0.421 e. The Morgan fingerprint density at radius 1 is 0.590 bits per heavy atom. The molecule has 6 heterocycles. The molecule has 2 aromatic heterocycles. The fourth-order valence-electron chi connectivity index (χ4n) is 9.67. The van der Waals surface area contributed by atoms with Crippen molar-refractivity contribution in [1.82, 2.24) is 29.7 Å². The number of amides is 2. The van der Waals surface area contributed by atoms with Gasteiger partial charge in [0.25, 0.3) is 0 Å². The minimum absolute atomic E-state index is 0.0221. The molecule has 10 rings (SSSR count). The van der Waals surface area contributed by atoms with Crippen molar-refractivity contribution in [2.45, 2.75) is 113 Å². The number of benzene rings is 2. The lowest BCUT2D eigenvalue weighted by Gasteiger charge is -2.28. The van der Waals surface area contributed by atoms with Gasteiger partial charge in [0.15, 0.2) is 0 Å². The number of hydrogen-bond donors (Lipinski definition) is 4. The maximum Gasteiger partial charge on any atom is 0.421 e. The van der Waals surface area contributed by atoms with E-state index in [9.17, 15) is 35.9 Å². The number of rotatable bonds is 12. The minimum Gasteiger partial charge on any atom is -0.367 e. The molecule has 2 saturated heterocycles. The zero-order valence-electron chi connectivity index (χ0n) is 32.7. The first-order chi connectivity index (χ1) is 29.3. The van der Waals surface area contributed by atoms with Gasteiger partial charge in [0, 0.05) is 35.9 Å². The van der Waals surface area contributed by atoms with E-state index in [-0.39, 0.29) is 84.8 Å². The minimum atomic E-state index is -4.61. The number of anilines is 6. The number of fused-ring (bicyclic) bond motifs is 10. The molecule has 61 heavy (non-hydrogen) atoms. The SMILES string of the molecule is O=C(COCC(=O)N1C2CCC1c1cc(Nc3ncc(C(F)(F)F)c(NC4CCC4)n3)ccc12)N1C2CCC1c1cc(Nc3ncc(C(F)(F)F)c(NC4CCC4)n3)ccc12. The van der Waals surface area contributed by atoms with E-state index in [1.165, 1.54) is 0 Å². The zero-order chi connectivity index (χ0) is 42.2. The van der Waals surface area contributed by atoms with Gasteiger partial charge < -0.3 is 35.8 Å². The first kappa shape index (κ1) is 39.4. The third-order valence-electron chi connectivity index (χ3n) is 13.0.